The Balaban J connectivity index is 1.61. The minimum Gasteiger partial charge on any atom is -0.459 e. The third-order valence-electron chi connectivity index (χ3n) is 5.98. The fraction of sp³-hybridized carbons (Fsp3) is 0.154. The van der Waals surface area contributed by atoms with E-state index in [0.717, 1.165) is 22.7 Å². The molecular weight excluding hydrogens is 473 g/mol. The van der Waals surface area contributed by atoms with Gasteiger partial charge in [0.05, 0.1) is 16.8 Å². The number of pyridine rings is 1. The summed E-state index contributed by atoms with van der Waals surface area (Å²) < 4.78 is 6.38. The minimum absolute atomic E-state index is 0.181. The summed E-state index contributed by atoms with van der Waals surface area (Å²) in [5.41, 5.74) is 5.10. The summed E-state index contributed by atoms with van der Waals surface area (Å²) in [6.07, 6.45) is 1.79. The molecule has 33 heavy (non-hydrogen) atoms. The lowest BCUT2D eigenvalue weighted by molar-refractivity contribution is 0.439. The lowest BCUT2D eigenvalue weighted by Crippen LogP contribution is -2.29. The Morgan fingerprint density at radius 3 is 2.55 bits per heavy atom. The van der Waals surface area contributed by atoms with Crippen LogP contribution in [0.3, 0.4) is 0 Å². The molecule has 4 nitrogen and oxygen atoms in total. The maximum atomic E-state index is 6.44. The van der Waals surface area contributed by atoms with Crippen LogP contribution in [0.4, 0.5) is 5.69 Å². The number of hydrogen-bond acceptors (Lipinski definition) is 3. The first-order chi connectivity index (χ1) is 15.9. The molecule has 1 aliphatic heterocycles. The Morgan fingerprint density at radius 1 is 0.970 bits per heavy atom. The first-order valence-corrected chi connectivity index (χ1v) is 11.7. The first kappa shape index (κ1) is 22.0. The molecule has 3 heterocycles. The van der Waals surface area contributed by atoms with Gasteiger partial charge in [-0.05, 0) is 91.8 Å². The monoisotopic (exact) mass is 493 g/mol. The van der Waals surface area contributed by atoms with Crippen molar-refractivity contribution in [2.24, 2.45) is 0 Å². The molecule has 1 fully saturated rings. The van der Waals surface area contributed by atoms with Gasteiger partial charge in [-0.3, -0.25) is 4.98 Å². The zero-order valence-electron chi connectivity index (χ0n) is 18.0. The van der Waals surface area contributed by atoms with Crippen LogP contribution in [0.1, 0.15) is 34.7 Å². The number of anilines is 1. The van der Waals surface area contributed by atoms with Gasteiger partial charge in [-0.1, -0.05) is 35.3 Å². The smallest absolute Gasteiger partial charge is 0.174 e. The zero-order chi connectivity index (χ0) is 23.1. The predicted octanol–water partition coefficient (Wildman–Crippen LogP) is 7.44. The Labute approximate surface area is 208 Å². The molecule has 2 atom stereocenters. The average molecular weight is 494 g/mol. The molecular formula is C26H21Cl2N3OS. The fourth-order valence-corrected chi connectivity index (χ4v) is 4.99. The number of rotatable bonds is 4. The van der Waals surface area contributed by atoms with E-state index in [0.29, 0.717) is 20.9 Å². The maximum absolute atomic E-state index is 6.44. The molecule has 0 unspecified atom stereocenters. The molecule has 0 aliphatic carbocycles. The van der Waals surface area contributed by atoms with E-state index in [1.54, 1.807) is 18.3 Å². The summed E-state index contributed by atoms with van der Waals surface area (Å²) in [4.78, 5) is 6.70. The highest BCUT2D eigenvalue weighted by molar-refractivity contribution is 7.80. The van der Waals surface area contributed by atoms with Crippen LogP contribution < -0.4 is 10.2 Å². The lowest BCUT2D eigenvalue weighted by Gasteiger charge is -2.26. The standard InChI is InChI=1S/C26H21Cl2N3OS/c1-15-6-8-18(13-16(15)2)31-25(24(30-26(31)33)21-5-3-4-12-29-21)23-11-10-22(32-23)19-9-7-17(27)14-20(19)28/h3-14,24-25H,1-2H3,(H,30,33)/t24-,25+/m1/s1. The maximum Gasteiger partial charge on any atom is 0.174 e. The molecule has 0 saturated carbocycles. The topological polar surface area (TPSA) is 41.3 Å². The predicted molar refractivity (Wildman–Crippen MR) is 138 cm³/mol. The highest BCUT2D eigenvalue weighted by atomic mass is 35.5. The fourth-order valence-electron chi connectivity index (χ4n) is 4.14. The molecule has 0 bridgehead atoms. The van der Waals surface area contributed by atoms with Crippen molar-refractivity contribution in [3.05, 3.63) is 106 Å². The van der Waals surface area contributed by atoms with Crippen molar-refractivity contribution in [2.75, 3.05) is 4.90 Å². The molecule has 4 aromatic rings. The van der Waals surface area contributed by atoms with Crippen molar-refractivity contribution in [1.29, 1.82) is 0 Å². The van der Waals surface area contributed by atoms with Crippen LogP contribution in [-0.4, -0.2) is 10.1 Å². The molecule has 7 heteroatoms. The van der Waals surface area contributed by atoms with Gasteiger partial charge in [0.2, 0.25) is 0 Å². The summed E-state index contributed by atoms with van der Waals surface area (Å²) in [5.74, 6) is 1.43. The van der Waals surface area contributed by atoms with E-state index in [1.807, 2.05) is 36.4 Å². The van der Waals surface area contributed by atoms with Crippen LogP contribution in [0.5, 0.6) is 0 Å². The van der Waals surface area contributed by atoms with Gasteiger partial charge >= 0.3 is 0 Å². The number of nitrogens with zero attached hydrogens (tertiary/aromatic N) is 2. The van der Waals surface area contributed by atoms with E-state index in [-0.39, 0.29) is 12.1 Å². The second kappa shape index (κ2) is 8.82. The second-order valence-electron chi connectivity index (χ2n) is 8.09. The summed E-state index contributed by atoms with van der Waals surface area (Å²) >= 11 is 18.3. The number of furan rings is 1. The van der Waals surface area contributed by atoms with Crippen molar-refractivity contribution in [3.63, 3.8) is 0 Å². The molecule has 1 aliphatic rings. The number of benzene rings is 2. The third-order valence-corrected chi connectivity index (χ3v) is 6.84. The van der Waals surface area contributed by atoms with Gasteiger partial charge in [0.1, 0.15) is 17.6 Å². The third kappa shape index (κ3) is 4.12. The van der Waals surface area contributed by atoms with Crippen LogP contribution in [0.15, 0.2) is 77.3 Å². The van der Waals surface area contributed by atoms with Crippen molar-refractivity contribution in [3.8, 4) is 11.3 Å². The summed E-state index contributed by atoms with van der Waals surface area (Å²) in [6, 6.07) is 21.1. The van der Waals surface area contributed by atoms with Gasteiger partial charge in [-0.15, -0.1) is 0 Å². The minimum atomic E-state index is -0.227. The van der Waals surface area contributed by atoms with Gasteiger partial charge in [0.15, 0.2) is 5.11 Å². The molecule has 0 amide bonds. The Morgan fingerprint density at radius 2 is 1.82 bits per heavy atom. The van der Waals surface area contributed by atoms with E-state index in [4.69, 9.17) is 39.8 Å². The summed E-state index contributed by atoms with van der Waals surface area (Å²) in [5, 5.41) is 5.21. The molecule has 0 spiro atoms. The van der Waals surface area contributed by atoms with Crippen molar-refractivity contribution >= 4 is 46.2 Å². The number of aromatic nitrogens is 1. The van der Waals surface area contributed by atoms with E-state index in [9.17, 15) is 0 Å². The van der Waals surface area contributed by atoms with Gasteiger partial charge in [0, 0.05) is 22.5 Å². The van der Waals surface area contributed by atoms with E-state index >= 15 is 0 Å². The number of aryl methyl sites for hydroxylation is 2. The van der Waals surface area contributed by atoms with Crippen molar-refractivity contribution in [1.82, 2.24) is 10.3 Å². The molecule has 2 aromatic heterocycles. The van der Waals surface area contributed by atoms with Gasteiger partial charge in [-0.25, -0.2) is 0 Å². The summed E-state index contributed by atoms with van der Waals surface area (Å²) in [7, 11) is 0. The molecule has 1 saturated heterocycles. The lowest BCUT2D eigenvalue weighted by atomic mass is 10.0. The van der Waals surface area contributed by atoms with Crippen LogP contribution >= 0.6 is 35.4 Å². The first-order valence-electron chi connectivity index (χ1n) is 10.6. The zero-order valence-corrected chi connectivity index (χ0v) is 20.4. The normalized spacial score (nSPS) is 17.9. The summed E-state index contributed by atoms with van der Waals surface area (Å²) in [6.45, 7) is 4.20. The number of hydrogen-bond donors (Lipinski definition) is 1. The molecule has 166 valence electrons. The number of thiocarbonyl (C=S) groups is 1. The second-order valence-corrected chi connectivity index (χ2v) is 9.32. The van der Waals surface area contributed by atoms with Crippen LogP contribution in [0.25, 0.3) is 11.3 Å². The van der Waals surface area contributed by atoms with E-state index in [1.165, 1.54) is 11.1 Å². The largest absolute Gasteiger partial charge is 0.459 e. The SMILES string of the molecule is Cc1ccc(N2C(=S)N[C@H](c3ccccn3)[C@@H]2c2ccc(-c3ccc(Cl)cc3Cl)o2)cc1C. The van der Waals surface area contributed by atoms with Crippen LogP contribution in [0.2, 0.25) is 10.0 Å². The molecule has 5 rings (SSSR count). The Hall–Kier alpha value is -2.86. The van der Waals surface area contributed by atoms with Crippen molar-refractivity contribution < 1.29 is 4.42 Å². The Kier molecular flexibility index (Phi) is 5.87. The highest BCUT2D eigenvalue weighted by Gasteiger charge is 2.42. The van der Waals surface area contributed by atoms with E-state index < -0.39 is 0 Å². The van der Waals surface area contributed by atoms with Gasteiger partial charge in [-0.2, -0.15) is 0 Å². The van der Waals surface area contributed by atoms with E-state index in [2.05, 4.69) is 47.2 Å². The number of halogens is 2. The highest BCUT2D eigenvalue weighted by Crippen LogP contribution is 2.43. The number of nitrogens with one attached hydrogen (secondary N) is 1. The van der Waals surface area contributed by atoms with Crippen LogP contribution in [0, 0.1) is 13.8 Å². The Bertz CT molecular complexity index is 1340. The van der Waals surface area contributed by atoms with Gasteiger partial charge < -0.3 is 14.6 Å². The average Bonchev–Trinajstić information content (AvgIpc) is 3.41. The molecule has 2 aromatic carbocycles. The molecule has 1 N–H and O–H groups in total. The van der Waals surface area contributed by atoms with Crippen molar-refractivity contribution in [2.45, 2.75) is 25.9 Å². The quantitative estimate of drug-likeness (QED) is 0.299. The molecule has 0 radical (unpaired) electrons. The van der Waals surface area contributed by atoms with Crippen LogP contribution in [-0.2, 0) is 0 Å². The van der Waals surface area contributed by atoms with Gasteiger partial charge in [0.25, 0.3) is 0 Å².